The number of aliphatic hydroxyl groups is 1. The number of nitrogens with zero attached hydrogens (tertiary/aromatic N) is 1. The van der Waals surface area contributed by atoms with Crippen LogP contribution in [0.5, 0.6) is 11.5 Å². The Balaban J connectivity index is 2.19. The van der Waals surface area contributed by atoms with Gasteiger partial charge in [-0.25, -0.2) is 0 Å². The molecule has 2 atom stereocenters. The van der Waals surface area contributed by atoms with Crippen LogP contribution in [0.25, 0.3) is 0 Å². The van der Waals surface area contributed by atoms with Crippen LogP contribution in [0.4, 0.5) is 5.69 Å². The summed E-state index contributed by atoms with van der Waals surface area (Å²) in [6, 6.07) is 3.89. The van der Waals surface area contributed by atoms with Crippen molar-refractivity contribution in [2.75, 3.05) is 39.6 Å². The molecule has 5 heteroatoms. The van der Waals surface area contributed by atoms with Crippen molar-refractivity contribution in [3.63, 3.8) is 0 Å². The third-order valence-electron chi connectivity index (χ3n) is 4.04. The van der Waals surface area contributed by atoms with Gasteiger partial charge in [0.25, 0.3) is 0 Å². The second-order valence-corrected chi connectivity index (χ2v) is 5.73. The van der Waals surface area contributed by atoms with E-state index < -0.39 is 0 Å². The minimum absolute atomic E-state index is 0.228. The molecule has 1 aromatic carbocycles. The second kappa shape index (κ2) is 7.00. The van der Waals surface area contributed by atoms with E-state index in [4.69, 9.17) is 15.2 Å². The van der Waals surface area contributed by atoms with Crippen molar-refractivity contribution in [1.29, 1.82) is 0 Å². The van der Waals surface area contributed by atoms with Gasteiger partial charge >= 0.3 is 0 Å². The summed E-state index contributed by atoms with van der Waals surface area (Å²) >= 11 is 0. The molecule has 0 spiro atoms. The van der Waals surface area contributed by atoms with E-state index in [0.29, 0.717) is 23.8 Å². The van der Waals surface area contributed by atoms with Crippen LogP contribution in [0.15, 0.2) is 12.1 Å². The fourth-order valence-electron chi connectivity index (χ4n) is 2.99. The van der Waals surface area contributed by atoms with Gasteiger partial charge in [-0.2, -0.15) is 0 Å². The normalized spacial score (nSPS) is 23.0. The molecule has 1 aliphatic heterocycles. The van der Waals surface area contributed by atoms with Crippen molar-refractivity contribution in [3.8, 4) is 11.5 Å². The van der Waals surface area contributed by atoms with Gasteiger partial charge in [0.05, 0.1) is 25.5 Å². The molecule has 1 heterocycles. The molecule has 0 aliphatic carbocycles. The summed E-state index contributed by atoms with van der Waals surface area (Å²) in [6.07, 6.45) is 1.37. The van der Waals surface area contributed by atoms with Gasteiger partial charge in [0.2, 0.25) is 0 Å². The van der Waals surface area contributed by atoms with Crippen molar-refractivity contribution >= 4 is 5.69 Å². The summed E-state index contributed by atoms with van der Waals surface area (Å²) in [7, 11) is 3.68. The molecule has 1 aromatic rings. The predicted molar refractivity (Wildman–Crippen MR) is 83.9 cm³/mol. The van der Waals surface area contributed by atoms with E-state index in [0.717, 1.165) is 31.5 Å². The quantitative estimate of drug-likeness (QED) is 0.806. The van der Waals surface area contributed by atoms with Crippen molar-refractivity contribution in [2.45, 2.75) is 25.9 Å². The molecular weight excluding hydrogens is 268 g/mol. The molecule has 1 saturated heterocycles. The summed E-state index contributed by atoms with van der Waals surface area (Å²) in [5.74, 6) is 1.49. The average Bonchev–Trinajstić information content (AvgIpc) is 2.43. The van der Waals surface area contributed by atoms with E-state index in [1.165, 1.54) is 0 Å². The molecule has 0 bridgehead atoms. The SMILES string of the molecule is CCOc1cc(CC2CN(C)CCC2O)cc(N)c1OC. The number of aliphatic hydroxyl groups excluding tert-OH is 1. The van der Waals surface area contributed by atoms with Crippen LogP contribution < -0.4 is 15.2 Å². The monoisotopic (exact) mass is 294 g/mol. The maximum absolute atomic E-state index is 10.2. The van der Waals surface area contributed by atoms with Crippen molar-refractivity contribution in [1.82, 2.24) is 4.90 Å². The number of ether oxygens (including phenoxy) is 2. The zero-order valence-electron chi connectivity index (χ0n) is 13.1. The largest absolute Gasteiger partial charge is 0.491 e. The molecule has 0 aromatic heterocycles. The minimum atomic E-state index is -0.250. The molecule has 21 heavy (non-hydrogen) atoms. The Bertz CT molecular complexity index is 479. The topological polar surface area (TPSA) is 68.0 Å². The lowest BCUT2D eigenvalue weighted by Gasteiger charge is -2.34. The molecule has 1 aliphatic rings. The van der Waals surface area contributed by atoms with Gasteiger partial charge in [0.1, 0.15) is 0 Å². The van der Waals surface area contributed by atoms with E-state index in [2.05, 4.69) is 11.9 Å². The number of nitrogens with two attached hydrogens (primary N) is 1. The lowest BCUT2D eigenvalue weighted by atomic mass is 9.88. The summed E-state index contributed by atoms with van der Waals surface area (Å²) in [5, 5.41) is 10.2. The fraction of sp³-hybridized carbons (Fsp3) is 0.625. The molecule has 3 N–H and O–H groups in total. The zero-order valence-corrected chi connectivity index (χ0v) is 13.1. The molecule has 5 nitrogen and oxygen atoms in total. The number of likely N-dealkylation sites (tertiary alicyclic amines) is 1. The van der Waals surface area contributed by atoms with Gasteiger partial charge in [-0.15, -0.1) is 0 Å². The first kappa shape index (κ1) is 15.9. The van der Waals surface area contributed by atoms with Crippen molar-refractivity contribution in [2.24, 2.45) is 5.92 Å². The maximum Gasteiger partial charge on any atom is 0.183 e. The maximum atomic E-state index is 10.2. The highest BCUT2D eigenvalue weighted by atomic mass is 16.5. The van der Waals surface area contributed by atoms with Gasteiger partial charge in [-0.05, 0) is 44.5 Å². The number of nitrogen functional groups attached to an aromatic ring is 1. The van der Waals surface area contributed by atoms with E-state index in [-0.39, 0.29) is 12.0 Å². The Kier molecular flexibility index (Phi) is 5.31. The van der Waals surface area contributed by atoms with Crippen LogP contribution >= 0.6 is 0 Å². The highest BCUT2D eigenvalue weighted by molar-refractivity contribution is 5.62. The number of rotatable bonds is 5. The van der Waals surface area contributed by atoms with Crippen LogP contribution in [-0.4, -0.2) is 50.0 Å². The number of anilines is 1. The highest BCUT2D eigenvalue weighted by Crippen LogP contribution is 2.36. The summed E-state index contributed by atoms with van der Waals surface area (Å²) < 4.78 is 10.9. The molecule has 0 saturated carbocycles. The molecule has 2 rings (SSSR count). The third kappa shape index (κ3) is 3.80. The Morgan fingerprint density at radius 1 is 1.43 bits per heavy atom. The minimum Gasteiger partial charge on any atom is -0.491 e. The second-order valence-electron chi connectivity index (χ2n) is 5.73. The lowest BCUT2D eigenvalue weighted by Crippen LogP contribution is -2.41. The summed E-state index contributed by atoms with van der Waals surface area (Å²) in [5.41, 5.74) is 7.71. The van der Waals surface area contributed by atoms with Gasteiger partial charge in [0, 0.05) is 19.0 Å². The zero-order chi connectivity index (χ0) is 15.4. The van der Waals surface area contributed by atoms with Crippen LogP contribution in [0.1, 0.15) is 18.9 Å². The Labute approximate surface area is 126 Å². The molecule has 0 radical (unpaired) electrons. The van der Waals surface area contributed by atoms with Gasteiger partial charge in [0.15, 0.2) is 11.5 Å². The molecule has 0 amide bonds. The Morgan fingerprint density at radius 3 is 2.86 bits per heavy atom. The predicted octanol–water partition coefficient (Wildman–Crippen LogP) is 1.53. The Hall–Kier alpha value is -1.46. The van der Waals surface area contributed by atoms with E-state index >= 15 is 0 Å². The number of hydrogen-bond donors (Lipinski definition) is 2. The average molecular weight is 294 g/mol. The summed E-state index contributed by atoms with van der Waals surface area (Å²) in [4.78, 5) is 2.26. The van der Waals surface area contributed by atoms with E-state index in [1.54, 1.807) is 7.11 Å². The first-order valence-electron chi connectivity index (χ1n) is 7.51. The molecule has 118 valence electrons. The first-order chi connectivity index (χ1) is 10.0. The smallest absolute Gasteiger partial charge is 0.183 e. The van der Waals surface area contributed by atoms with Gasteiger partial charge < -0.3 is 25.2 Å². The number of methoxy groups -OCH3 is 1. The number of piperidine rings is 1. The van der Waals surface area contributed by atoms with Crippen LogP contribution in [0.3, 0.4) is 0 Å². The molecular formula is C16H26N2O3. The number of benzene rings is 1. The van der Waals surface area contributed by atoms with Crippen LogP contribution in [-0.2, 0) is 6.42 Å². The summed E-state index contributed by atoms with van der Waals surface area (Å²) in [6.45, 7) is 4.35. The van der Waals surface area contributed by atoms with Crippen molar-refractivity contribution < 1.29 is 14.6 Å². The molecule has 2 unspecified atom stereocenters. The van der Waals surface area contributed by atoms with Gasteiger partial charge in [-0.3, -0.25) is 0 Å². The fourth-order valence-corrected chi connectivity index (χ4v) is 2.99. The van der Waals surface area contributed by atoms with Crippen LogP contribution in [0.2, 0.25) is 0 Å². The van der Waals surface area contributed by atoms with E-state index in [9.17, 15) is 5.11 Å². The third-order valence-corrected chi connectivity index (χ3v) is 4.04. The number of hydrogen-bond acceptors (Lipinski definition) is 5. The molecule has 1 fully saturated rings. The van der Waals surface area contributed by atoms with Crippen LogP contribution in [0, 0.1) is 5.92 Å². The lowest BCUT2D eigenvalue weighted by molar-refractivity contribution is 0.0366. The van der Waals surface area contributed by atoms with Gasteiger partial charge in [-0.1, -0.05) is 0 Å². The Morgan fingerprint density at radius 2 is 2.19 bits per heavy atom. The first-order valence-corrected chi connectivity index (χ1v) is 7.51. The van der Waals surface area contributed by atoms with Crippen molar-refractivity contribution in [3.05, 3.63) is 17.7 Å². The standard InChI is InChI=1S/C16H26N2O3/c1-4-21-15-9-11(8-13(17)16(15)20-3)7-12-10-18(2)6-5-14(12)19/h8-9,12,14,19H,4-7,10,17H2,1-3H3. The van der Waals surface area contributed by atoms with E-state index in [1.807, 2.05) is 19.1 Å². The highest BCUT2D eigenvalue weighted by Gasteiger charge is 2.26.